The second kappa shape index (κ2) is 6.43. The van der Waals surface area contributed by atoms with E-state index < -0.39 is 5.97 Å². The summed E-state index contributed by atoms with van der Waals surface area (Å²) in [4.78, 5) is 22.3. The number of aromatic carboxylic acids is 1. The lowest BCUT2D eigenvalue weighted by molar-refractivity contribution is 0.0701. The van der Waals surface area contributed by atoms with Crippen molar-refractivity contribution in [2.45, 2.75) is 39.0 Å². The molecule has 0 saturated heterocycles. The number of rotatable bonds is 7. The number of carbonyl (C=O) groups is 2. The van der Waals surface area contributed by atoms with E-state index in [1.165, 1.54) is 6.42 Å². The van der Waals surface area contributed by atoms with Gasteiger partial charge < -0.3 is 5.11 Å². The maximum absolute atomic E-state index is 10.9. The highest BCUT2D eigenvalue weighted by Gasteiger charge is 2.14. The van der Waals surface area contributed by atoms with E-state index in [0.29, 0.717) is 16.0 Å². The fraction of sp³-hybridized carbons (Fsp3) is 0.500. The van der Waals surface area contributed by atoms with Crippen molar-refractivity contribution in [2.24, 2.45) is 0 Å². The quantitative estimate of drug-likeness (QED) is 0.587. The highest BCUT2D eigenvalue weighted by Crippen LogP contribution is 2.23. The van der Waals surface area contributed by atoms with Crippen LogP contribution in [0.5, 0.6) is 0 Å². The van der Waals surface area contributed by atoms with Crippen LogP contribution >= 0.6 is 11.3 Å². The van der Waals surface area contributed by atoms with E-state index in [1.807, 2.05) is 0 Å². The van der Waals surface area contributed by atoms with E-state index in [0.717, 1.165) is 42.6 Å². The highest BCUT2D eigenvalue weighted by molar-refractivity contribution is 7.15. The standard InChI is InChI=1S/C12H16O3S/c1-2-3-4-5-6-9-7-10(8-13)16-11(9)12(14)15/h7-8H,2-6H2,1H3,(H,14,15). The molecule has 1 rings (SSSR count). The molecule has 3 nitrogen and oxygen atoms in total. The zero-order valence-electron chi connectivity index (χ0n) is 9.36. The van der Waals surface area contributed by atoms with E-state index in [2.05, 4.69) is 6.92 Å². The van der Waals surface area contributed by atoms with Crippen molar-refractivity contribution >= 4 is 23.6 Å². The maximum atomic E-state index is 10.9. The first-order chi connectivity index (χ1) is 7.69. The number of carboxylic acids is 1. The molecule has 0 aliphatic heterocycles. The number of thiophene rings is 1. The van der Waals surface area contributed by atoms with Crippen LogP contribution in [-0.4, -0.2) is 17.4 Å². The summed E-state index contributed by atoms with van der Waals surface area (Å²) in [6.07, 6.45) is 5.91. The first-order valence-corrected chi connectivity index (χ1v) is 6.31. The minimum absolute atomic E-state index is 0.318. The average Bonchev–Trinajstić information content (AvgIpc) is 2.68. The third kappa shape index (κ3) is 3.45. The molecule has 1 N–H and O–H groups in total. The van der Waals surface area contributed by atoms with Crippen molar-refractivity contribution in [1.82, 2.24) is 0 Å². The SMILES string of the molecule is CCCCCCc1cc(C=O)sc1C(=O)O. The summed E-state index contributed by atoms with van der Waals surface area (Å²) in [6, 6.07) is 1.70. The van der Waals surface area contributed by atoms with Crippen LogP contribution in [0.1, 0.15) is 57.5 Å². The van der Waals surface area contributed by atoms with Gasteiger partial charge in [0.05, 0.1) is 4.88 Å². The molecule has 0 bridgehead atoms. The minimum Gasteiger partial charge on any atom is -0.477 e. The van der Waals surface area contributed by atoms with E-state index >= 15 is 0 Å². The lowest BCUT2D eigenvalue weighted by Gasteiger charge is -1.99. The van der Waals surface area contributed by atoms with E-state index in [1.54, 1.807) is 6.07 Å². The zero-order chi connectivity index (χ0) is 12.0. The van der Waals surface area contributed by atoms with Crippen molar-refractivity contribution < 1.29 is 14.7 Å². The molecule has 0 amide bonds. The molecule has 88 valence electrons. The van der Waals surface area contributed by atoms with Crippen molar-refractivity contribution in [3.8, 4) is 0 Å². The monoisotopic (exact) mass is 240 g/mol. The van der Waals surface area contributed by atoms with Crippen LogP contribution in [-0.2, 0) is 6.42 Å². The number of unbranched alkanes of at least 4 members (excludes halogenated alkanes) is 3. The first kappa shape index (κ1) is 12.9. The van der Waals surface area contributed by atoms with Gasteiger partial charge in [0.2, 0.25) is 0 Å². The largest absolute Gasteiger partial charge is 0.477 e. The average molecular weight is 240 g/mol. The molecule has 0 atom stereocenters. The lowest BCUT2D eigenvalue weighted by atomic mass is 10.1. The summed E-state index contributed by atoms with van der Waals surface area (Å²) in [5, 5.41) is 8.97. The summed E-state index contributed by atoms with van der Waals surface area (Å²) in [6.45, 7) is 2.14. The molecule has 0 aromatic carbocycles. The molecule has 0 unspecified atom stereocenters. The van der Waals surface area contributed by atoms with Crippen LogP contribution in [0.2, 0.25) is 0 Å². The Morgan fingerprint density at radius 2 is 2.19 bits per heavy atom. The number of aldehydes is 1. The molecule has 0 fully saturated rings. The fourth-order valence-corrected chi connectivity index (χ4v) is 2.48. The molecule has 0 spiro atoms. The zero-order valence-corrected chi connectivity index (χ0v) is 10.2. The summed E-state index contributed by atoms with van der Waals surface area (Å²) in [7, 11) is 0. The van der Waals surface area contributed by atoms with Gasteiger partial charge in [-0.1, -0.05) is 26.2 Å². The predicted molar refractivity (Wildman–Crippen MR) is 64.5 cm³/mol. The Balaban J connectivity index is 2.66. The third-order valence-corrected chi connectivity index (χ3v) is 3.53. The van der Waals surface area contributed by atoms with Gasteiger partial charge in [-0.2, -0.15) is 0 Å². The molecule has 1 aromatic rings. The topological polar surface area (TPSA) is 54.4 Å². The summed E-state index contributed by atoms with van der Waals surface area (Å²) in [5.74, 6) is -0.927. The molecule has 0 aliphatic carbocycles. The minimum atomic E-state index is -0.927. The molecule has 0 aliphatic rings. The van der Waals surface area contributed by atoms with E-state index in [4.69, 9.17) is 5.11 Å². The van der Waals surface area contributed by atoms with Crippen LogP contribution in [0.3, 0.4) is 0 Å². The Labute approximate surface area is 99.1 Å². The van der Waals surface area contributed by atoms with Crippen molar-refractivity contribution in [1.29, 1.82) is 0 Å². The van der Waals surface area contributed by atoms with E-state index in [-0.39, 0.29) is 0 Å². The molecule has 16 heavy (non-hydrogen) atoms. The molecule has 0 radical (unpaired) electrons. The van der Waals surface area contributed by atoms with Crippen LogP contribution in [0, 0.1) is 0 Å². The normalized spacial score (nSPS) is 10.3. The Hall–Kier alpha value is -1.16. The van der Waals surface area contributed by atoms with Gasteiger partial charge in [-0.15, -0.1) is 11.3 Å². The third-order valence-electron chi connectivity index (χ3n) is 2.44. The Bertz CT molecular complexity index is 368. The fourth-order valence-electron chi connectivity index (χ4n) is 1.62. The number of hydrogen-bond acceptors (Lipinski definition) is 3. The number of aryl methyl sites for hydroxylation is 1. The van der Waals surface area contributed by atoms with Gasteiger partial charge in [0.15, 0.2) is 6.29 Å². The molecular weight excluding hydrogens is 224 g/mol. The molecule has 1 heterocycles. The summed E-state index contributed by atoms with van der Waals surface area (Å²) in [5.41, 5.74) is 0.802. The van der Waals surface area contributed by atoms with Gasteiger partial charge in [0.1, 0.15) is 4.88 Å². The molecule has 0 saturated carbocycles. The van der Waals surface area contributed by atoms with Gasteiger partial charge in [-0.25, -0.2) is 4.79 Å². The smallest absolute Gasteiger partial charge is 0.346 e. The van der Waals surface area contributed by atoms with Gasteiger partial charge in [0.25, 0.3) is 0 Å². The second-order valence-corrected chi connectivity index (χ2v) is 4.82. The Morgan fingerprint density at radius 3 is 2.75 bits per heavy atom. The summed E-state index contributed by atoms with van der Waals surface area (Å²) < 4.78 is 0. The second-order valence-electron chi connectivity index (χ2n) is 3.74. The molecular formula is C12H16O3S. The van der Waals surface area contributed by atoms with Crippen LogP contribution in [0.15, 0.2) is 6.07 Å². The first-order valence-electron chi connectivity index (χ1n) is 5.50. The Kier molecular flexibility index (Phi) is 5.19. The van der Waals surface area contributed by atoms with Crippen molar-refractivity contribution in [3.05, 3.63) is 21.4 Å². The number of carbonyl (C=O) groups excluding carboxylic acids is 1. The number of carboxylic acid groups (broad SMARTS) is 1. The van der Waals surface area contributed by atoms with Crippen molar-refractivity contribution in [3.63, 3.8) is 0 Å². The molecule has 4 heteroatoms. The Morgan fingerprint density at radius 1 is 1.44 bits per heavy atom. The lowest BCUT2D eigenvalue weighted by Crippen LogP contribution is -1.97. The van der Waals surface area contributed by atoms with Gasteiger partial charge >= 0.3 is 5.97 Å². The van der Waals surface area contributed by atoms with E-state index in [9.17, 15) is 9.59 Å². The van der Waals surface area contributed by atoms with Gasteiger partial charge in [0, 0.05) is 0 Å². The van der Waals surface area contributed by atoms with Crippen LogP contribution in [0.4, 0.5) is 0 Å². The highest BCUT2D eigenvalue weighted by atomic mass is 32.1. The van der Waals surface area contributed by atoms with Crippen LogP contribution < -0.4 is 0 Å². The van der Waals surface area contributed by atoms with Crippen LogP contribution in [0.25, 0.3) is 0 Å². The summed E-state index contributed by atoms with van der Waals surface area (Å²) >= 11 is 1.06. The molecule has 1 aromatic heterocycles. The number of hydrogen-bond donors (Lipinski definition) is 1. The van der Waals surface area contributed by atoms with Crippen molar-refractivity contribution in [2.75, 3.05) is 0 Å². The van der Waals surface area contributed by atoms with Gasteiger partial charge in [-0.05, 0) is 24.5 Å². The predicted octanol–water partition coefficient (Wildman–Crippen LogP) is 3.38. The van der Waals surface area contributed by atoms with Gasteiger partial charge in [-0.3, -0.25) is 4.79 Å². The maximum Gasteiger partial charge on any atom is 0.346 e.